The third kappa shape index (κ3) is 5.37. The average Bonchev–Trinajstić information content (AvgIpc) is 3.41. The summed E-state index contributed by atoms with van der Waals surface area (Å²) in [4.78, 5) is 29.2. The van der Waals surface area contributed by atoms with Gasteiger partial charge in [0.25, 0.3) is 0 Å². The van der Waals surface area contributed by atoms with E-state index < -0.39 is 11.4 Å². The molecule has 2 aromatic heterocycles. The summed E-state index contributed by atoms with van der Waals surface area (Å²) in [5.74, 6) is -0.201. The highest BCUT2D eigenvalue weighted by atomic mass is 32.1. The van der Waals surface area contributed by atoms with Crippen LogP contribution in [0.5, 0.6) is 5.75 Å². The van der Waals surface area contributed by atoms with Crippen molar-refractivity contribution in [2.24, 2.45) is 0 Å². The number of rotatable bonds is 7. The van der Waals surface area contributed by atoms with Crippen molar-refractivity contribution in [2.75, 3.05) is 6.61 Å². The van der Waals surface area contributed by atoms with Crippen LogP contribution in [0.2, 0.25) is 0 Å². The number of carbonyl (C=O) groups is 1. The molecule has 0 atom stereocenters. The van der Waals surface area contributed by atoms with Gasteiger partial charge in [-0.1, -0.05) is 30.3 Å². The van der Waals surface area contributed by atoms with Crippen molar-refractivity contribution >= 4 is 39.7 Å². The molecule has 0 spiro atoms. The highest BCUT2D eigenvalue weighted by Crippen LogP contribution is 2.28. The van der Waals surface area contributed by atoms with Gasteiger partial charge in [0.05, 0.1) is 16.8 Å². The Morgan fingerprint density at radius 3 is 2.59 bits per heavy atom. The van der Waals surface area contributed by atoms with Gasteiger partial charge in [0, 0.05) is 16.3 Å². The van der Waals surface area contributed by atoms with E-state index in [1.54, 1.807) is 53.9 Å². The zero-order chi connectivity index (χ0) is 25.8. The molecule has 8 heteroatoms. The minimum Gasteiger partial charge on any atom is -0.485 e. The summed E-state index contributed by atoms with van der Waals surface area (Å²) < 4.78 is 24.0. The average molecular weight is 509 g/mol. The van der Waals surface area contributed by atoms with Crippen molar-refractivity contribution < 1.29 is 18.3 Å². The first-order valence-corrected chi connectivity index (χ1v) is 12.0. The molecule has 0 bridgehead atoms. The largest absolute Gasteiger partial charge is 0.485 e. The lowest BCUT2D eigenvalue weighted by molar-refractivity contribution is 0.0921. The van der Waals surface area contributed by atoms with Crippen molar-refractivity contribution in [2.45, 2.75) is 0 Å². The molecule has 180 valence electrons. The van der Waals surface area contributed by atoms with Crippen LogP contribution >= 0.6 is 11.3 Å². The van der Waals surface area contributed by atoms with Gasteiger partial charge < -0.3 is 9.15 Å². The Labute approximate surface area is 214 Å². The Bertz CT molecular complexity index is 1730. The van der Waals surface area contributed by atoms with E-state index in [1.807, 2.05) is 12.1 Å². The first-order chi connectivity index (χ1) is 18.0. The fourth-order valence-corrected chi connectivity index (χ4v) is 4.38. The number of fused-ring (bicyclic) bond motifs is 1. The summed E-state index contributed by atoms with van der Waals surface area (Å²) in [7, 11) is 0. The van der Waals surface area contributed by atoms with E-state index in [1.165, 1.54) is 35.6 Å². The molecule has 0 amide bonds. The zero-order valence-electron chi connectivity index (χ0n) is 19.2. The molecule has 6 nitrogen and oxygen atoms in total. The molecule has 37 heavy (non-hydrogen) atoms. The molecule has 0 saturated carbocycles. The molecule has 0 N–H and O–H groups in total. The predicted octanol–water partition coefficient (Wildman–Crippen LogP) is 6.38. The number of Topliss-reactive ketones (excluding diaryl/α,β-unsaturated/α-hetero) is 1. The van der Waals surface area contributed by atoms with Crippen LogP contribution < -0.4 is 10.4 Å². The molecular formula is C29H17FN2O4S. The van der Waals surface area contributed by atoms with Gasteiger partial charge >= 0.3 is 5.63 Å². The van der Waals surface area contributed by atoms with Crippen molar-refractivity contribution in [1.29, 1.82) is 5.26 Å². The topological polar surface area (TPSA) is 93.2 Å². The summed E-state index contributed by atoms with van der Waals surface area (Å²) in [6.07, 6.45) is 1.68. The summed E-state index contributed by atoms with van der Waals surface area (Å²) >= 11 is 1.26. The summed E-state index contributed by atoms with van der Waals surface area (Å²) in [5.41, 5.74) is 2.20. The number of halogens is 1. The van der Waals surface area contributed by atoms with Crippen molar-refractivity contribution in [3.8, 4) is 23.1 Å². The molecule has 0 radical (unpaired) electrons. The number of thiazole rings is 1. The Kier molecular flexibility index (Phi) is 6.70. The Morgan fingerprint density at radius 2 is 1.84 bits per heavy atom. The fourth-order valence-electron chi connectivity index (χ4n) is 3.60. The third-order valence-corrected chi connectivity index (χ3v) is 6.38. The molecule has 0 aliphatic rings. The van der Waals surface area contributed by atoms with Crippen LogP contribution in [0.3, 0.4) is 0 Å². The van der Waals surface area contributed by atoms with E-state index in [-0.39, 0.29) is 12.4 Å². The number of carbonyl (C=O) groups excluding carboxylic acids is 1. The van der Waals surface area contributed by atoms with Crippen molar-refractivity contribution in [3.05, 3.63) is 117 Å². The van der Waals surface area contributed by atoms with Crippen molar-refractivity contribution in [3.63, 3.8) is 0 Å². The van der Waals surface area contributed by atoms with Crippen LogP contribution in [0.15, 0.2) is 93.5 Å². The molecule has 5 rings (SSSR count). The first kappa shape index (κ1) is 23.9. The standard InChI is InChI=1S/C29H17FN2O4S/c30-22-9-7-19(8-10-22)26(33)16-35-23-11-5-18(6-12-23)13-21(15-31)28-32-25(17-37-28)24-14-20-3-1-2-4-27(20)36-29(24)34/h1-14,17H,16H2/b21-13+. The van der Waals surface area contributed by atoms with Gasteiger partial charge in [-0.05, 0) is 60.2 Å². The van der Waals surface area contributed by atoms with Crippen LogP contribution in [0, 0.1) is 17.1 Å². The van der Waals surface area contributed by atoms with Crippen LogP contribution in [0.1, 0.15) is 20.9 Å². The van der Waals surface area contributed by atoms with E-state index in [9.17, 15) is 19.2 Å². The Morgan fingerprint density at radius 1 is 1.08 bits per heavy atom. The van der Waals surface area contributed by atoms with Crippen LogP contribution in [-0.4, -0.2) is 17.4 Å². The minimum absolute atomic E-state index is 0.186. The highest BCUT2D eigenvalue weighted by molar-refractivity contribution is 7.11. The highest BCUT2D eigenvalue weighted by Gasteiger charge is 2.14. The number of aromatic nitrogens is 1. The molecule has 0 aliphatic carbocycles. The maximum Gasteiger partial charge on any atom is 0.345 e. The minimum atomic E-state index is -0.494. The van der Waals surface area contributed by atoms with Crippen LogP contribution in [0.25, 0.3) is 33.9 Å². The maximum atomic E-state index is 13.0. The number of ether oxygens (including phenoxy) is 1. The first-order valence-electron chi connectivity index (χ1n) is 11.1. The number of para-hydroxylation sites is 1. The molecule has 0 fully saturated rings. The normalized spacial score (nSPS) is 11.3. The zero-order valence-corrected chi connectivity index (χ0v) is 20.0. The van der Waals surface area contributed by atoms with E-state index in [4.69, 9.17) is 9.15 Å². The number of ketones is 1. The molecule has 2 heterocycles. The second-order valence-electron chi connectivity index (χ2n) is 7.98. The smallest absolute Gasteiger partial charge is 0.345 e. The Hall–Kier alpha value is -4.87. The monoisotopic (exact) mass is 508 g/mol. The van der Waals surface area contributed by atoms with Gasteiger partial charge in [0.15, 0.2) is 12.4 Å². The van der Waals surface area contributed by atoms with Crippen LogP contribution in [-0.2, 0) is 0 Å². The van der Waals surface area contributed by atoms with Gasteiger partial charge in [-0.2, -0.15) is 5.26 Å². The molecule has 3 aromatic carbocycles. The molecule has 0 aliphatic heterocycles. The number of benzene rings is 3. The van der Waals surface area contributed by atoms with Gasteiger partial charge in [-0.25, -0.2) is 14.2 Å². The van der Waals surface area contributed by atoms with Gasteiger partial charge in [0.2, 0.25) is 0 Å². The van der Waals surface area contributed by atoms with Gasteiger partial charge in [-0.3, -0.25) is 4.79 Å². The van der Waals surface area contributed by atoms with Crippen LogP contribution in [0.4, 0.5) is 4.39 Å². The lowest BCUT2D eigenvalue weighted by Crippen LogP contribution is -2.11. The number of allylic oxidation sites excluding steroid dienone is 1. The maximum absolute atomic E-state index is 13.0. The summed E-state index contributed by atoms with van der Waals surface area (Å²) in [6, 6.07) is 23.3. The predicted molar refractivity (Wildman–Crippen MR) is 140 cm³/mol. The summed E-state index contributed by atoms with van der Waals surface area (Å²) in [6.45, 7) is -0.186. The number of nitrogens with zero attached hydrogens (tertiary/aromatic N) is 2. The van der Waals surface area contributed by atoms with E-state index in [0.29, 0.717) is 38.7 Å². The molecular weight excluding hydrogens is 491 g/mol. The SMILES string of the molecule is N#C/C(=C\c1ccc(OCC(=O)c2ccc(F)cc2)cc1)c1nc(-c2cc3ccccc3oc2=O)cs1. The molecule has 0 unspecified atom stereocenters. The van der Waals surface area contributed by atoms with Gasteiger partial charge in [-0.15, -0.1) is 11.3 Å². The Balaban J connectivity index is 1.30. The van der Waals surface area contributed by atoms with E-state index >= 15 is 0 Å². The second-order valence-corrected chi connectivity index (χ2v) is 8.84. The second kappa shape index (κ2) is 10.4. The molecule has 0 saturated heterocycles. The number of hydrogen-bond acceptors (Lipinski definition) is 7. The number of nitriles is 1. The summed E-state index contributed by atoms with van der Waals surface area (Å²) in [5, 5.41) is 12.7. The fraction of sp³-hybridized carbons (Fsp3) is 0.0345. The lowest BCUT2D eigenvalue weighted by Gasteiger charge is -2.06. The number of hydrogen-bond donors (Lipinski definition) is 0. The molecule has 5 aromatic rings. The quantitative estimate of drug-likeness (QED) is 0.144. The van der Waals surface area contributed by atoms with E-state index in [2.05, 4.69) is 11.1 Å². The van der Waals surface area contributed by atoms with Gasteiger partial charge in [0.1, 0.15) is 28.2 Å². The third-order valence-electron chi connectivity index (χ3n) is 5.50. The lowest BCUT2D eigenvalue weighted by atomic mass is 10.1. The van der Waals surface area contributed by atoms with Crippen molar-refractivity contribution in [1.82, 2.24) is 4.98 Å². The van der Waals surface area contributed by atoms with E-state index in [0.717, 1.165) is 10.9 Å².